The number of anilines is 2. The number of nitriles is 1. The fourth-order valence-electron chi connectivity index (χ4n) is 4.19. The number of ether oxygens (including phenoxy) is 1. The molecule has 2 amide bonds. The Morgan fingerprint density at radius 1 is 1.34 bits per heavy atom. The maximum Gasteiger partial charge on any atom is 0.319 e. The summed E-state index contributed by atoms with van der Waals surface area (Å²) in [5, 5.41) is 18.3. The summed E-state index contributed by atoms with van der Waals surface area (Å²) in [5.41, 5.74) is 3.58. The largest absolute Gasteiger partial charge is 0.377 e. The van der Waals surface area contributed by atoms with Gasteiger partial charge in [-0.3, -0.25) is 0 Å². The summed E-state index contributed by atoms with van der Waals surface area (Å²) in [4.78, 5) is 24.0. The number of carbonyl (C=O) groups is 1. The first-order chi connectivity index (χ1) is 15.6. The highest BCUT2D eigenvalue weighted by atomic mass is 16.5. The highest BCUT2D eigenvalue weighted by Crippen LogP contribution is 2.34. The monoisotopic (exact) mass is 435 g/mol. The molecule has 2 atom stereocenters. The number of morpholine rings is 1. The molecule has 9 heteroatoms. The Morgan fingerprint density at radius 2 is 2.16 bits per heavy atom. The molecule has 1 aromatic heterocycles. The lowest BCUT2D eigenvalue weighted by Crippen LogP contribution is -2.45. The first-order valence-electron chi connectivity index (χ1n) is 11.1. The predicted molar refractivity (Wildman–Crippen MR) is 122 cm³/mol. The van der Waals surface area contributed by atoms with Gasteiger partial charge < -0.3 is 25.6 Å². The van der Waals surface area contributed by atoms with Gasteiger partial charge in [0.2, 0.25) is 0 Å². The van der Waals surface area contributed by atoms with E-state index >= 15 is 0 Å². The summed E-state index contributed by atoms with van der Waals surface area (Å²) in [6, 6.07) is 9.64. The van der Waals surface area contributed by atoms with Gasteiger partial charge in [-0.05, 0) is 44.5 Å². The fraction of sp³-hybridized carbons (Fsp3) is 0.478. The summed E-state index contributed by atoms with van der Waals surface area (Å²) in [5.74, 6) is 1.56. The summed E-state index contributed by atoms with van der Waals surface area (Å²) in [7, 11) is 0. The molecule has 0 bridgehead atoms. The van der Waals surface area contributed by atoms with Crippen LogP contribution < -0.4 is 20.9 Å². The van der Waals surface area contributed by atoms with Crippen LogP contribution in [0.4, 0.5) is 16.3 Å². The number of carbonyl (C=O) groups excluding carboxylic acids is 1. The van der Waals surface area contributed by atoms with Gasteiger partial charge in [-0.25, -0.2) is 14.8 Å². The summed E-state index contributed by atoms with van der Waals surface area (Å²) >= 11 is 0. The lowest BCUT2D eigenvalue weighted by Gasteiger charge is -2.37. The molecular weight excluding hydrogens is 406 g/mol. The fourth-order valence-corrected chi connectivity index (χ4v) is 4.19. The van der Waals surface area contributed by atoms with Gasteiger partial charge in [-0.15, -0.1) is 0 Å². The zero-order valence-electron chi connectivity index (χ0n) is 18.5. The first-order valence-corrected chi connectivity index (χ1v) is 11.1. The number of nitrogens with zero attached hydrogens (tertiary/aromatic N) is 4. The van der Waals surface area contributed by atoms with E-state index in [2.05, 4.69) is 33.8 Å². The first kappa shape index (κ1) is 22.0. The van der Waals surface area contributed by atoms with Crippen LogP contribution in [0, 0.1) is 11.3 Å². The van der Waals surface area contributed by atoms with E-state index in [-0.39, 0.29) is 18.1 Å². The molecule has 3 N–H and O–H groups in total. The second-order valence-electron chi connectivity index (χ2n) is 8.03. The molecule has 0 saturated carbocycles. The number of urea groups is 1. The number of benzene rings is 1. The zero-order chi connectivity index (χ0) is 22.5. The number of fused-ring (bicyclic) bond motifs is 1. The summed E-state index contributed by atoms with van der Waals surface area (Å²) < 4.78 is 5.63. The van der Waals surface area contributed by atoms with Crippen LogP contribution in [-0.4, -0.2) is 54.9 Å². The number of amides is 2. The molecule has 168 valence electrons. The van der Waals surface area contributed by atoms with Crippen molar-refractivity contribution < 1.29 is 9.53 Å². The Kier molecular flexibility index (Phi) is 6.83. The van der Waals surface area contributed by atoms with E-state index < -0.39 is 0 Å². The smallest absolute Gasteiger partial charge is 0.319 e. The Labute approximate surface area is 188 Å². The number of aromatic nitrogens is 2. The maximum absolute atomic E-state index is 11.8. The quantitative estimate of drug-likeness (QED) is 0.661. The lowest BCUT2D eigenvalue weighted by molar-refractivity contribution is 0.0984. The SMILES string of the molecule is CCNC(=O)Nc1ccc(-c2nc3c(c(N4CCOC[C@@H]4C)n2)CCN[C@@H]3CC#N)cc1. The van der Waals surface area contributed by atoms with Crippen LogP contribution in [0.2, 0.25) is 0 Å². The Balaban J connectivity index is 1.72. The van der Waals surface area contributed by atoms with E-state index in [1.165, 1.54) is 0 Å². The van der Waals surface area contributed by atoms with Gasteiger partial charge in [0, 0.05) is 36.4 Å². The minimum Gasteiger partial charge on any atom is -0.377 e. The molecule has 32 heavy (non-hydrogen) atoms. The Hall–Kier alpha value is -3.22. The van der Waals surface area contributed by atoms with Crippen LogP contribution in [0.25, 0.3) is 11.4 Å². The minimum absolute atomic E-state index is 0.112. The zero-order valence-corrected chi connectivity index (χ0v) is 18.5. The van der Waals surface area contributed by atoms with Crippen LogP contribution >= 0.6 is 0 Å². The van der Waals surface area contributed by atoms with Crippen molar-refractivity contribution in [2.75, 3.05) is 43.1 Å². The van der Waals surface area contributed by atoms with Crippen LogP contribution in [-0.2, 0) is 11.2 Å². The summed E-state index contributed by atoms with van der Waals surface area (Å²) in [6.45, 7) is 7.48. The van der Waals surface area contributed by atoms with Gasteiger partial charge in [0.1, 0.15) is 5.82 Å². The molecule has 1 fully saturated rings. The molecule has 0 unspecified atom stereocenters. The third-order valence-corrected chi connectivity index (χ3v) is 5.79. The Morgan fingerprint density at radius 3 is 2.88 bits per heavy atom. The topological polar surface area (TPSA) is 115 Å². The molecule has 0 radical (unpaired) electrons. The molecule has 2 aromatic rings. The van der Waals surface area contributed by atoms with Crippen molar-refractivity contribution in [1.82, 2.24) is 20.6 Å². The average molecular weight is 436 g/mol. The second kappa shape index (κ2) is 9.94. The third kappa shape index (κ3) is 4.66. The van der Waals surface area contributed by atoms with Crippen LogP contribution in [0.15, 0.2) is 24.3 Å². The molecule has 2 aliphatic heterocycles. The Bertz CT molecular complexity index is 1000. The highest BCUT2D eigenvalue weighted by molar-refractivity contribution is 5.89. The van der Waals surface area contributed by atoms with Gasteiger partial charge >= 0.3 is 6.03 Å². The van der Waals surface area contributed by atoms with Crippen molar-refractivity contribution in [1.29, 1.82) is 5.26 Å². The van der Waals surface area contributed by atoms with Crippen LogP contribution in [0.3, 0.4) is 0 Å². The molecular formula is C23H29N7O2. The van der Waals surface area contributed by atoms with E-state index in [4.69, 9.17) is 14.7 Å². The predicted octanol–water partition coefficient (Wildman–Crippen LogP) is 2.61. The number of nitrogens with one attached hydrogen (secondary N) is 3. The van der Waals surface area contributed by atoms with Gasteiger partial charge in [-0.1, -0.05) is 0 Å². The molecule has 2 aliphatic rings. The maximum atomic E-state index is 11.8. The number of hydrogen-bond donors (Lipinski definition) is 3. The molecule has 1 saturated heterocycles. The van der Waals surface area contributed by atoms with E-state index in [9.17, 15) is 10.1 Å². The van der Waals surface area contributed by atoms with Crippen LogP contribution in [0.1, 0.15) is 37.6 Å². The van der Waals surface area contributed by atoms with Gasteiger partial charge in [-0.2, -0.15) is 5.26 Å². The van der Waals surface area contributed by atoms with Gasteiger partial charge in [0.05, 0.1) is 43.5 Å². The van der Waals surface area contributed by atoms with Crippen molar-refractivity contribution >= 4 is 17.5 Å². The molecule has 4 rings (SSSR count). The van der Waals surface area contributed by atoms with Crippen molar-refractivity contribution in [3.8, 4) is 17.5 Å². The number of hydrogen-bond acceptors (Lipinski definition) is 7. The van der Waals surface area contributed by atoms with E-state index in [1.807, 2.05) is 31.2 Å². The molecule has 0 spiro atoms. The molecule has 9 nitrogen and oxygen atoms in total. The highest BCUT2D eigenvalue weighted by Gasteiger charge is 2.30. The van der Waals surface area contributed by atoms with E-state index in [0.717, 1.165) is 42.1 Å². The van der Waals surface area contributed by atoms with Gasteiger partial charge in [0.15, 0.2) is 5.82 Å². The van der Waals surface area contributed by atoms with Crippen molar-refractivity contribution in [3.63, 3.8) is 0 Å². The van der Waals surface area contributed by atoms with Crippen molar-refractivity contribution in [2.45, 2.75) is 38.8 Å². The molecule has 0 aliphatic carbocycles. The van der Waals surface area contributed by atoms with E-state index in [0.29, 0.717) is 37.7 Å². The third-order valence-electron chi connectivity index (χ3n) is 5.79. The average Bonchev–Trinajstić information content (AvgIpc) is 2.80. The normalized spacial score (nSPS) is 20.2. The van der Waals surface area contributed by atoms with E-state index in [1.54, 1.807) is 0 Å². The molecule has 3 heterocycles. The van der Waals surface area contributed by atoms with Crippen molar-refractivity contribution in [2.24, 2.45) is 0 Å². The van der Waals surface area contributed by atoms with Crippen molar-refractivity contribution in [3.05, 3.63) is 35.5 Å². The lowest BCUT2D eigenvalue weighted by atomic mass is 9.97. The molecule has 1 aromatic carbocycles. The van der Waals surface area contributed by atoms with Crippen LogP contribution in [0.5, 0.6) is 0 Å². The second-order valence-corrected chi connectivity index (χ2v) is 8.03. The standard InChI is InChI=1S/C23H29N7O2/c1-3-25-23(31)27-17-6-4-16(5-7-17)21-28-20-18(9-11-26-19(20)8-10-24)22(29-21)30-12-13-32-14-15(30)2/h4-7,15,19,26H,3,8-9,11-14H2,1-2H3,(H2,25,27,31)/t15-,19+/m0/s1. The summed E-state index contributed by atoms with van der Waals surface area (Å²) in [6.07, 6.45) is 1.18. The number of rotatable bonds is 5. The van der Waals surface area contributed by atoms with Gasteiger partial charge in [0.25, 0.3) is 0 Å². The minimum atomic E-state index is -0.237.